The zero-order valence-electron chi connectivity index (χ0n) is 13.4. The van der Waals surface area contributed by atoms with Gasteiger partial charge in [-0.3, -0.25) is 4.79 Å². The minimum atomic E-state index is -0.598. The fourth-order valence-electron chi connectivity index (χ4n) is 2.14. The first kappa shape index (κ1) is 18.0. The van der Waals surface area contributed by atoms with Crippen molar-refractivity contribution in [2.45, 2.75) is 13.0 Å². The van der Waals surface area contributed by atoms with Crippen molar-refractivity contribution in [3.63, 3.8) is 0 Å². The van der Waals surface area contributed by atoms with E-state index in [-0.39, 0.29) is 24.1 Å². The van der Waals surface area contributed by atoms with E-state index < -0.39 is 5.97 Å². The molecule has 2 aromatic rings. The second-order valence-corrected chi connectivity index (χ2v) is 6.03. The smallest absolute Gasteiger partial charge is 0.342 e. The maximum atomic E-state index is 12.0. The second-order valence-electron chi connectivity index (χ2n) is 5.12. The number of rotatable bonds is 6. The molecule has 2 rings (SSSR count). The summed E-state index contributed by atoms with van der Waals surface area (Å²) < 4.78 is 11.1. The van der Waals surface area contributed by atoms with E-state index >= 15 is 0 Å². The Hall–Kier alpha value is -2.34. The second kappa shape index (κ2) is 8.49. The van der Waals surface area contributed by atoms with Gasteiger partial charge in [-0.25, -0.2) is 4.79 Å². The predicted molar refractivity (Wildman–Crippen MR) is 94.0 cm³/mol. The van der Waals surface area contributed by atoms with Crippen LogP contribution in [0.25, 0.3) is 0 Å². The Morgan fingerprint density at radius 2 is 1.79 bits per heavy atom. The van der Waals surface area contributed by atoms with Crippen LogP contribution in [-0.2, 0) is 9.53 Å². The highest BCUT2D eigenvalue weighted by Crippen LogP contribution is 2.18. The lowest BCUT2D eigenvalue weighted by atomic mass is 10.1. The topological polar surface area (TPSA) is 64.6 Å². The van der Waals surface area contributed by atoms with Crippen LogP contribution in [0.4, 0.5) is 0 Å². The number of halogens is 1. The van der Waals surface area contributed by atoms with Crippen LogP contribution < -0.4 is 10.1 Å². The largest absolute Gasteiger partial charge is 0.496 e. The minimum Gasteiger partial charge on any atom is -0.496 e. The van der Waals surface area contributed by atoms with Crippen LogP contribution >= 0.6 is 15.9 Å². The number of ether oxygens (including phenoxy) is 2. The van der Waals surface area contributed by atoms with Crippen molar-refractivity contribution in [1.29, 1.82) is 0 Å². The van der Waals surface area contributed by atoms with E-state index in [9.17, 15) is 9.59 Å². The van der Waals surface area contributed by atoms with Gasteiger partial charge in [-0.15, -0.1) is 0 Å². The van der Waals surface area contributed by atoms with Crippen molar-refractivity contribution in [1.82, 2.24) is 5.32 Å². The highest BCUT2D eigenvalue weighted by atomic mass is 79.9. The molecule has 2 aromatic carbocycles. The molecule has 0 aliphatic rings. The van der Waals surface area contributed by atoms with Gasteiger partial charge >= 0.3 is 5.97 Å². The van der Waals surface area contributed by atoms with Gasteiger partial charge in [-0.2, -0.15) is 0 Å². The van der Waals surface area contributed by atoms with Crippen LogP contribution in [0.1, 0.15) is 28.9 Å². The number of methoxy groups -OCH3 is 1. The molecule has 0 spiro atoms. The third-order valence-electron chi connectivity index (χ3n) is 3.41. The first-order chi connectivity index (χ1) is 11.5. The van der Waals surface area contributed by atoms with Gasteiger partial charge in [-0.1, -0.05) is 40.2 Å². The van der Waals surface area contributed by atoms with Crippen LogP contribution in [0, 0.1) is 0 Å². The third kappa shape index (κ3) is 4.83. The zero-order valence-corrected chi connectivity index (χ0v) is 15.0. The Labute approximate surface area is 149 Å². The van der Waals surface area contributed by atoms with E-state index in [2.05, 4.69) is 21.2 Å². The number of para-hydroxylation sites is 1. The molecule has 0 saturated heterocycles. The quantitative estimate of drug-likeness (QED) is 0.765. The number of carbonyl (C=O) groups is 2. The molecule has 126 valence electrons. The monoisotopic (exact) mass is 391 g/mol. The van der Waals surface area contributed by atoms with E-state index in [0.717, 1.165) is 10.0 Å². The van der Waals surface area contributed by atoms with Gasteiger partial charge in [0.05, 0.1) is 13.2 Å². The standard InChI is InChI=1S/C18H18BrNO4/c1-12(13-7-9-14(19)10-8-13)20-17(21)11-24-18(22)15-5-3-4-6-16(15)23-2/h3-10,12H,11H2,1-2H3,(H,20,21)/t12-/m1/s1. The number of esters is 1. The van der Waals surface area contributed by atoms with E-state index in [1.165, 1.54) is 7.11 Å². The number of hydrogen-bond donors (Lipinski definition) is 1. The van der Waals surface area contributed by atoms with Crippen molar-refractivity contribution in [3.05, 3.63) is 64.1 Å². The average molecular weight is 392 g/mol. The number of nitrogens with one attached hydrogen (secondary N) is 1. The fourth-order valence-corrected chi connectivity index (χ4v) is 2.40. The molecule has 0 fully saturated rings. The molecule has 0 aliphatic heterocycles. The Bertz CT molecular complexity index is 715. The number of hydrogen-bond acceptors (Lipinski definition) is 4. The van der Waals surface area contributed by atoms with Gasteiger partial charge in [0.2, 0.25) is 0 Å². The van der Waals surface area contributed by atoms with Gasteiger partial charge in [0.25, 0.3) is 5.91 Å². The van der Waals surface area contributed by atoms with Gasteiger partial charge in [0.1, 0.15) is 11.3 Å². The number of benzene rings is 2. The summed E-state index contributed by atoms with van der Waals surface area (Å²) in [6.45, 7) is 1.51. The van der Waals surface area contributed by atoms with E-state index in [1.807, 2.05) is 31.2 Å². The van der Waals surface area contributed by atoms with Gasteiger partial charge in [0, 0.05) is 4.47 Å². The van der Waals surface area contributed by atoms with E-state index in [1.54, 1.807) is 24.3 Å². The summed E-state index contributed by atoms with van der Waals surface area (Å²) in [5, 5.41) is 2.79. The molecule has 0 saturated carbocycles. The highest BCUT2D eigenvalue weighted by Gasteiger charge is 2.16. The first-order valence-electron chi connectivity index (χ1n) is 7.36. The maximum absolute atomic E-state index is 12.0. The minimum absolute atomic E-state index is 0.185. The Kier molecular flexibility index (Phi) is 6.37. The molecular formula is C18H18BrNO4. The Morgan fingerprint density at radius 3 is 2.46 bits per heavy atom. The molecule has 1 amide bonds. The summed E-state index contributed by atoms with van der Waals surface area (Å²) in [6, 6.07) is 14.1. The normalized spacial score (nSPS) is 11.5. The fraction of sp³-hybridized carbons (Fsp3) is 0.222. The zero-order chi connectivity index (χ0) is 17.5. The molecule has 1 atom stereocenters. The third-order valence-corrected chi connectivity index (χ3v) is 3.94. The van der Waals surface area contributed by atoms with Crippen molar-refractivity contribution < 1.29 is 19.1 Å². The number of carbonyl (C=O) groups excluding carboxylic acids is 2. The van der Waals surface area contributed by atoms with Crippen molar-refractivity contribution in [2.75, 3.05) is 13.7 Å². The Morgan fingerprint density at radius 1 is 1.12 bits per heavy atom. The molecule has 24 heavy (non-hydrogen) atoms. The Balaban J connectivity index is 1.88. The molecule has 0 unspecified atom stereocenters. The van der Waals surface area contributed by atoms with Crippen LogP contribution in [0.3, 0.4) is 0 Å². The maximum Gasteiger partial charge on any atom is 0.342 e. The van der Waals surface area contributed by atoms with Crippen LogP contribution in [0.5, 0.6) is 5.75 Å². The summed E-state index contributed by atoms with van der Waals surface area (Å²) in [6.07, 6.45) is 0. The van der Waals surface area contributed by atoms with Gasteiger partial charge in [-0.05, 0) is 36.8 Å². The van der Waals surface area contributed by atoms with Crippen molar-refractivity contribution in [3.8, 4) is 5.75 Å². The molecule has 6 heteroatoms. The van der Waals surface area contributed by atoms with Crippen LogP contribution in [0.15, 0.2) is 53.0 Å². The SMILES string of the molecule is COc1ccccc1C(=O)OCC(=O)N[C@H](C)c1ccc(Br)cc1. The number of amides is 1. The van der Waals surface area contributed by atoms with Crippen LogP contribution in [0.2, 0.25) is 0 Å². The lowest BCUT2D eigenvalue weighted by molar-refractivity contribution is -0.124. The summed E-state index contributed by atoms with van der Waals surface area (Å²) >= 11 is 3.37. The predicted octanol–water partition coefficient (Wildman–Crippen LogP) is 3.49. The molecular weight excluding hydrogens is 374 g/mol. The molecule has 0 radical (unpaired) electrons. The highest BCUT2D eigenvalue weighted by molar-refractivity contribution is 9.10. The van der Waals surface area contributed by atoms with Crippen molar-refractivity contribution in [2.24, 2.45) is 0 Å². The van der Waals surface area contributed by atoms with Gasteiger partial charge < -0.3 is 14.8 Å². The molecule has 0 heterocycles. The molecule has 1 N–H and O–H groups in total. The summed E-state index contributed by atoms with van der Waals surface area (Å²) in [4.78, 5) is 24.0. The van der Waals surface area contributed by atoms with Crippen LogP contribution in [-0.4, -0.2) is 25.6 Å². The molecule has 0 aromatic heterocycles. The van der Waals surface area contributed by atoms with E-state index in [4.69, 9.17) is 9.47 Å². The van der Waals surface area contributed by atoms with E-state index in [0.29, 0.717) is 5.75 Å². The molecule has 0 aliphatic carbocycles. The van der Waals surface area contributed by atoms with Crippen molar-refractivity contribution >= 4 is 27.8 Å². The summed E-state index contributed by atoms with van der Waals surface area (Å²) in [7, 11) is 1.47. The van der Waals surface area contributed by atoms with Gasteiger partial charge in [0.15, 0.2) is 6.61 Å². The summed E-state index contributed by atoms with van der Waals surface area (Å²) in [5.74, 6) is -0.557. The average Bonchev–Trinajstić information content (AvgIpc) is 2.60. The molecule has 5 nitrogen and oxygen atoms in total. The molecule has 0 bridgehead atoms. The first-order valence-corrected chi connectivity index (χ1v) is 8.15. The lowest BCUT2D eigenvalue weighted by Gasteiger charge is -2.15. The summed E-state index contributed by atoms with van der Waals surface area (Å²) in [5.41, 5.74) is 1.25. The lowest BCUT2D eigenvalue weighted by Crippen LogP contribution is -2.31.